The van der Waals surface area contributed by atoms with Crippen LogP contribution in [-0.4, -0.2) is 57.3 Å². The summed E-state index contributed by atoms with van der Waals surface area (Å²) in [5, 5.41) is 8.50. The maximum Gasteiger partial charge on any atom is 0.246 e. The van der Waals surface area contributed by atoms with Gasteiger partial charge in [-0.1, -0.05) is 6.58 Å². The molecule has 0 radical (unpaired) electrons. The van der Waals surface area contributed by atoms with Crippen LogP contribution in [0.1, 0.15) is 12.8 Å². The number of rotatable bonds is 13. The van der Waals surface area contributed by atoms with Gasteiger partial charge in [-0.2, -0.15) is 0 Å². The van der Waals surface area contributed by atoms with E-state index in [1.807, 2.05) is 0 Å². The molecule has 106 valence electrons. The van der Waals surface area contributed by atoms with Crippen LogP contribution in [0.2, 0.25) is 0 Å². The van der Waals surface area contributed by atoms with Gasteiger partial charge in [-0.3, -0.25) is 4.79 Å². The van der Waals surface area contributed by atoms with Crippen molar-refractivity contribution in [2.75, 3.05) is 46.2 Å². The molecule has 6 heteroatoms. The molecule has 0 aliphatic carbocycles. The first-order valence-corrected chi connectivity index (χ1v) is 6.00. The van der Waals surface area contributed by atoms with Crippen LogP contribution in [0.25, 0.3) is 0 Å². The first-order chi connectivity index (χ1) is 8.68. The van der Waals surface area contributed by atoms with Crippen molar-refractivity contribution in [1.29, 1.82) is 0 Å². The summed E-state index contributed by atoms with van der Waals surface area (Å²) in [6, 6.07) is 0. The summed E-state index contributed by atoms with van der Waals surface area (Å²) >= 11 is 0. The highest BCUT2D eigenvalue weighted by atomic mass is 16.5. The zero-order valence-electron chi connectivity index (χ0n) is 10.7. The lowest BCUT2D eigenvalue weighted by molar-refractivity contribution is -0.115. The lowest BCUT2D eigenvalue weighted by Crippen LogP contribution is -2.17. The van der Waals surface area contributed by atoms with Gasteiger partial charge in [0.1, 0.15) is 0 Å². The van der Waals surface area contributed by atoms with Gasteiger partial charge in [-0.15, -0.1) is 0 Å². The second kappa shape index (κ2) is 12.5. The molecule has 0 atom stereocenters. The predicted octanol–water partition coefficient (Wildman–Crippen LogP) is -0.150. The number of ether oxygens (including phenoxy) is 3. The first-order valence-electron chi connectivity index (χ1n) is 6.00. The fourth-order valence-corrected chi connectivity index (χ4v) is 1.02. The van der Waals surface area contributed by atoms with Crippen molar-refractivity contribution in [3.8, 4) is 0 Å². The predicted molar refractivity (Wildman–Crippen MR) is 67.1 cm³/mol. The van der Waals surface area contributed by atoms with Gasteiger partial charge in [0, 0.05) is 32.0 Å². The SMILES string of the molecule is C=C(COCCCOCCOCCCO)C(N)=O. The Morgan fingerprint density at radius 3 is 2.11 bits per heavy atom. The molecule has 0 bridgehead atoms. The van der Waals surface area contributed by atoms with E-state index in [0.29, 0.717) is 39.5 Å². The van der Waals surface area contributed by atoms with Crippen LogP contribution >= 0.6 is 0 Å². The molecule has 0 fully saturated rings. The average molecular weight is 261 g/mol. The van der Waals surface area contributed by atoms with E-state index in [0.717, 1.165) is 6.42 Å². The number of carbonyl (C=O) groups is 1. The molecule has 0 aliphatic rings. The maximum atomic E-state index is 10.6. The zero-order valence-corrected chi connectivity index (χ0v) is 10.7. The van der Waals surface area contributed by atoms with Crippen LogP contribution in [0.4, 0.5) is 0 Å². The molecule has 0 aromatic rings. The molecular formula is C12H23NO5. The van der Waals surface area contributed by atoms with Gasteiger partial charge in [-0.25, -0.2) is 0 Å². The number of hydrogen-bond acceptors (Lipinski definition) is 5. The van der Waals surface area contributed by atoms with Crippen LogP contribution < -0.4 is 5.73 Å². The van der Waals surface area contributed by atoms with Crippen LogP contribution in [0.3, 0.4) is 0 Å². The van der Waals surface area contributed by atoms with Crippen LogP contribution in [0, 0.1) is 0 Å². The second-order valence-electron chi connectivity index (χ2n) is 3.68. The van der Waals surface area contributed by atoms with Crippen molar-refractivity contribution in [2.45, 2.75) is 12.8 Å². The molecule has 6 nitrogen and oxygen atoms in total. The largest absolute Gasteiger partial charge is 0.396 e. The number of carbonyl (C=O) groups excluding carboxylic acids is 1. The van der Waals surface area contributed by atoms with Crippen molar-refractivity contribution >= 4 is 5.91 Å². The summed E-state index contributed by atoms with van der Waals surface area (Å²) in [6.07, 6.45) is 1.39. The van der Waals surface area contributed by atoms with E-state index in [1.165, 1.54) is 0 Å². The molecule has 0 aromatic carbocycles. The summed E-state index contributed by atoms with van der Waals surface area (Å²) in [4.78, 5) is 10.6. The third-order valence-corrected chi connectivity index (χ3v) is 2.02. The molecule has 0 aromatic heterocycles. The molecule has 0 saturated carbocycles. The van der Waals surface area contributed by atoms with Crippen molar-refractivity contribution in [2.24, 2.45) is 5.73 Å². The lowest BCUT2D eigenvalue weighted by Gasteiger charge is -2.06. The Morgan fingerprint density at radius 2 is 1.56 bits per heavy atom. The van der Waals surface area contributed by atoms with Crippen molar-refractivity contribution in [3.63, 3.8) is 0 Å². The van der Waals surface area contributed by atoms with Gasteiger partial charge >= 0.3 is 0 Å². The molecule has 0 unspecified atom stereocenters. The van der Waals surface area contributed by atoms with E-state index in [1.54, 1.807) is 0 Å². The van der Waals surface area contributed by atoms with Crippen molar-refractivity contribution < 1.29 is 24.1 Å². The Morgan fingerprint density at radius 1 is 1.00 bits per heavy atom. The molecular weight excluding hydrogens is 238 g/mol. The Kier molecular flexibility index (Phi) is 11.8. The molecule has 0 saturated heterocycles. The van der Waals surface area contributed by atoms with Crippen molar-refractivity contribution in [3.05, 3.63) is 12.2 Å². The summed E-state index contributed by atoms with van der Waals surface area (Å²) < 4.78 is 15.6. The number of hydrogen-bond donors (Lipinski definition) is 2. The van der Waals surface area contributed by atoms with E-state index in [-0.39, 0.29) is 18.8 Å². The fourth-order valence-electron chi connectivity index (χ4n) is 1.02. The van der Waals surface area contributed by atoms with Crippen LogP contribution in [-0.2, 0) is 19.0 Å². The van der Waals surface area contributed by atoms with Crippen molar-refractivity contribution in [1.82, 2.24) is 0 Å². The molecule has 0 spiro atoms. The Bertz CT molecular complexity index is 233. The zero-order chi connectivity index (χ0) is 13.6. The van der Waals surface area contributed by atoms with Gasteiger partial charge < -0.3 is 25.1 Å². The lowest BCUT2D eigenvalue weighted by atomic mass is 10.3. The Labute approximate surface area is 108 Å². The van der Waals surface area contributed by atoms with E-state index >= 15 is 0 Å². The summed E-state index contributed by atoms with van der Waals surface area (Å²) in [6.45, 7) is 6.47. The topological polar surface area (TPSA) is 91.0 Å². The molecule has 1 amide bonds. The van der Waals surface area contributed by atoms with Crippen LogP contribution in [0.5, 0.6) is 0 Å². The summed E-state index contributed by atoms with van der Waals surface area (Å²) in [5.74, 6) is -0.536. The Balaban J connectivity index is 3.07. The number of nitrogens with two attached hydrogens (primary N) is 1. The highest BCUT2D eigenvalue weighted by Gasteiger charge is 2.00. The van der Waals surface area contributed by atoms with E-state index in [2.05, 4.69) is 6.58 Å². The molecule has 18 heavy (non-hydrogen) atoms. The first kappa shape index (κ1) is 17.1. The quantitative estimate of drug-likeness (QED) is 0.355. The normalized spacial score (nSPS) is 10.5. The average Bonchev–Trinajstić information content (AvgIpc) is 2.35. The van der Waals surface area contributed by atoms with E-state index < -0.39 is 5.91 Å². The highest BCUT2D eigenvalue weighted by Crippen LogP contribution is 1.92. The van der Waals surface area contributed by atoms with E-state index in [9.17, 15) is 4.79 Å². The number of aliphatic hydroxyl groups is 1. The third-order valence-electron chi connectivity index (χ3n) is 2.02. The van der Waals surface area contributed by atoms with Gasteiger partial charge in [-0.05, 0) is 12.8 Å². The number of aliphatic hydroxyl groups excluding tert-OH is 1. The standard InChI is InChI=1S/C12H23NO5/c1-11(12(13)15)10-18-7-3-6-17-9-8-16-5-2-4-14/h14H,1-10H2,(H2,13,15). The highest BCUT2D eigenvalue weighted by molar-refractivity contribution is 5.91. The maximum absolute atomic E-state index is 10.6. The number of amides is 1. The second-order valence-corrected chi connectivity index (χ2v) is 3.68. The minimum Gasteiger partial charge on any atom is -0.396 e. The van der Waals surface area contributed by atoms with E-state index in [4.69, 9.17) is 25.1 Å². The molecule has 0 aliphatic heterocycles. The number of primary amides is 1. The van der Waals surface area contributed by atoms with Crippen LogP contribution in [0.15, 0.2) is 12.2 Å². The minimum absolute atomic E-state index is 0.148. The Hall–Kier alpha value is -0.950. The monoisotopic (exact) mass is 261 g/mol. The summed E-state index contributed by atoms with van der Waals surface area (Å²) in [7, 11) is 0. The smallest absolute Gasteiger partial charge is 0.246 e. The molecule has 0 heterocycles. The molecule has 3 N–H and O–H groups in total. The summed E-state index contributed by atoms with van der Waals surface area (Å²) in [5.41, 5.74) is 5.27. The van der Waals surface area contributed by atoms with Gasteiger partial charge in [0.15, 0.2) is 0 Å². The minimum atomic E-state index is -0.536. The van der Waals surface area contributed by atoms with Gasteiger partial charge in [0.25, 0.3) is 0 Å². The molecule has 0 rings (SSSR count). The fraction of sp³-hybridized carbons (Fsp3) is 0.750. The third kappa shape index (κ3) is 11.5. The van der Waals surface area contributed by atoms with Gasteiger partial charge in [0.05, 0.1) is 19.8 Å². The van der Waals surface area contributed by atoms with Gasteiger partial charge in [0.2, 0.25) is 5.91 Å².